The summed E-state index contributed by atoms with van der Waals surface area (Å²) >= 11 is 0. The Hall–Kier alpha value is -3.75. The first kappa shape index (κ1) is 21.5. The summed E-state index contributed by atoms with van der Waals surface area (Å²) < 4.78 is 9.61. The predicted octanol–water partition coefficient (Wildman–Crippen LogP) is 1.96. The molecule has 1 N–H and O–H groups in total. The SMILES string of the molecule is COC(=O)[C@H](Cc1ccccc1)NC(=O)COC(=O)c1ccc(C)c([N+](=O)[O-])c1. The second-order valence-electron chi connectivity index (χ2n) is 6.17. The number of rotatable bonds is 8. The Kier molecular flexibility index (Phi) is 7.41. The van der Waals surface area contributed by atoms with Crippen molar-refractivity contribution in [3.63, 3.8) is 0 Å². The van der Waals surface area contributed by atoms with E-state index in [1.54, 1.807) is 31.2 Å². The number of ether oxygens (including phenoxy) is 2. The van der Waals surface area contributed by atoms with Crippen LogP contribution >= 0.6 is 0 Å². The van der Waals surface area contributed by atoms with Gasteiger partial charge in [0.25, 0.3) is 11.6 Å². The highest BCUT2D eigenvalue weighted by atomic mass is 16.6. The average Bonchev–Trinajstić information content (AvgIpc) is 2.71. The van der Waals surface area contributed by atoms with Crippen LogP contribution in [0.1, 0.15) is 21.5 Å². The van der Waals surface area contributed by atoms with Gasteiger partial charge in [-0.2, -0.15) is 0 Å². The van der Waals surface area contributed by atoms with Gasteiger partial charge in [-0.25, -0.2) is 9.59 Å². The number of nitro benzene ring substituents is 1. The van der Waals surface area contributed by atoms with Crippen molar-refractivity contribution in [2.45, 2.75) is 19.4 Å². The van der Waals surface area contributed by atoms with E-state index in [4.69, 9.17) is 9.47 Å². The van der Waals surface area contributed by atoms with Crippen molar-refractivity contribution >= 4 is 23.5 Å². The molecular weight excluding hydrogens is 380 g/mol. The van der Waals surface area contributed by atoms with E-state index in [0.717, 1.165) is 11.6 Å². The van der Waals surface area contributed by atoms with Gasteiger partial charge in [0.15, 0.2) is 6.61 Å². The molecule has 0 heterocycles. The molecule has 29 heavy (non-hydrogen) atoms. The number of nitro groups is 1. The van der Waals surface area contributed by atoms with Gasteiger partial charge in [-0.1, -0.05) is 36.4 Å². The maximum atomic E-state index is 12.1. The smallest absolute Gasteiger partial charge is 0.338 e. The normalized spacial score (nSPS) is 11.2. The summed E-state index contributed by atoms with van der Waals surface area (Å²) in [6.45, 7) is 0.892. The first-order valence-electron chi connectivity index (χ1n) is 8.65. The van der Waals surface area contributed by atoms with Crippen LogP contribution in [-0.4, -0.2) is 42.5 Å². The van der Waals surface area contributed by atoms with Crippen LogP contribution in [0.4, 0.5) is 5.69 Å². The van der Waals surface area contributed by atoms with E-state index in [2.05, 4.69) is 5.32 Å². The molecule has 0 aliphatic carbocycles. The average molecular weight is 400 g/mol. The van der Waals surface area contributed by atoms with Crippen molar-refractivity contribution in [3.8, 4) is 0 Å². The van der Waals surface area contributed by atoms with Gasteiger partial charge in [0.05, 0.1) is 17.6 Å². The lowest BCUT2D eigenvalue weighted by Crippen LogP contribution is -2.44. The number of hydrogen-bond acceptors (Lipinski definition) is 7. The van der Waals surface area contributed by atoms with E-state index in [1.165, 1.54) is 19.2 Å². The monoisotopic (exact) mass is 400 g/mol. The van der Waals surface area contributed by atoms with Crippen molar-refractivity contribution in [1.29, 1.82) is 0 Å². The highest BCUT2D eigenvalue weighted by Gasteiger charge is 2.23. The van der Waals surface area contributed by atoms with Crippen molar-refractivity contribution in [1.82, 2.24) is 5.32 Å². The molecule has 0 aliphatic heterocycles. The lowest BCUT2D eigenvalue weighted by molar-refractivity contribution is -0.385. The van der Waals surface area contributed by atoms with Crippen LogP contribution in [0.3, 0.4) is 0 Å². The van der Waals surface area contributed by atoms with Gasteiger partial charge in [0.2, 0.25) is 0 Å². The summed E-state index contributed by atoms with van der Waals surface area (Å²) in [6.07, 6.45) is 0.206. The molecule has 152 valence electrons. The molecule has 0 aromatic heterocycles. The number of amides is 1. The van der Waals surface area contributed by atoms with E-state index >= 15 is 0 Å². The molecule has 0 radical (unpaired) electrons. The molecule has 1 amide bonds. The Morgan fingerprint density at radius 1 is 1.14 bits per heavy atom. The molecule has 1 atom stereocenters. The molecule has 0 unspecified atom stereocenters. The topological polar surface area (TPSA) is 125 Å². The van der Waals surface area contributed by atoms with Gasteiger partial charge in [0, 0.05) is 18.1 Å². The second-order valence-corrected chi connectivity index (χ2v) is 6.17. The molecule has 2 aromatic rings. The zero-order valence-corrected chi connectivity index (χ0v) is 15.9. The number of carbonyl (C=O) groups excluding carboxylic acids is 3. The molecular formula is C20H20N2O7. The first-order valence-corrected chi connectivity index (χ1v) is 8.65. The van der Waals surface area contributed by atoms with Gasteiger partial charge in [-0.15, -0.1) is 0 Å². The summed E-state index contributed by atoms with van der Waals surface area (Å²) in [5.74, 6) is -2.23. The zero-order valence-electron chi connectivity index (χ0n) is 15.9. The van der Waals surface area contributed by atoms with Gasteiger partial charge in [0.1, 0.15) is 6.04 Å². The highest BCUT2D eigenvalue weighted by molar-refractivity contribution is 5.92. The predicted molar refractivity (Wildman–Crippen MR) is 102 cm³/mol. The zero-order chi connectivity index (χ0) is 21.4. The summed E-state index contributed by atoms with van der Waals surface area (Å²) in [7, 11) is 1.21. The van der Waals surface area contributed by atoms with Crippen LogP contribution in [0.2, 0.25) is 0 Å². The van der Waals surface area contributed by atoms with E-state index in [9.17, 15) is 24.5 Å². The molecule has 2 aromatic carbocycles. The Morgan fingerprint density at radius 3 is 2.45 bits per heavy atom. The molecule has 9 nitrogen and oxygen atoms in total. The second kappa shape index (κ2) is 9.98. The van der Waals surface area contributed by atoms with Crippen LogP contribution in [0, 0.1) is 17.0 Å². The minimum atomic E-state index is -0.950. The number of hydrogen-bond donors (Lipinski definition) is 1. The van der Waals surface area contributed by atoms with Gasteiger partial charge >= 0.3 is 11.9 Å². The fraction of sp³-hybridized carbons (Fsp3) is 0.250. The number of nitrogens with one attached hydrogen (secondary N) is 1. The van der Waals surface area contributed by atoms with Crippen molar-refractivity contribution in [2.75, 3.05) is 13.7 Å². The third kappa shape index (κ3) is 6.13. The molecule has 0 saturated carbocycles. The number of nitrogens with zero attached hydrogens (tertiary/aromatic N) is 1. The van der Waals surface area contributed by atoms with Gasteiger partial charge < -0.3 is 14.8 Å². The lowest BCUT2D eigenvalue weighted by Gasteiger charge is -2.16. The molecule has 0 aliphatic rings. The molecule has 0 fully saturated rings. The molecule has 0 spiro atoms. The van der Waals surface area contributed by atoms with Crippen molar-refractivity contribution < 1.29 is 28.8 Å². The van der Waals surface area contributed by atoms with Crippen LogP contribution in [0.15, 0.2) is 48.5 Å². The van der Waals surface area contributed by atoms with Crippen LogP contribution in [0.5, 0.6) is 0 Å². The first-order chi connectivity index (χ1) is 13.8. The summed E-state index contributed by atoms with van der Waals surface area (Å²) in [5.41, 5.74) is 0.930. The Morgan fingerprint density at radius 2 is 1.83 bits per heavy atom. The number of aryl methyl sites for hydroxylation is 1. The molecule has 2 rings (SSSR count). The third-order valence-corrected chi connectivity index (χ3v) is 4.08. The van der Waals surface area contributed by atoms with Crippen LogP contribution in [-0.2, 0) is 25.5 Å². The standard InChI is InChI=1S/C20H20N2O7/c1-13-8-9-15(11-17(13)22(26)27)19(24)29-12-18(23)21-16(20(25)28-2)10-14-6-4-3-5-7-14/h3-9,11,16H,10,12H2,1-2H3,(H,21,23)/t16-/m0/s1. The minimum Gasteiger partial charge on any atom is -0.467 e. The van der Waals surface area contributed by atoms with Gasteiger partial charge in [-0.05, 0) is 18.6 Å². The summed E-state index contributed by atoms with van der Waals surface area (Å²) in [6, 6.07) is 11.9. The van der Waals surface area contributed by atoms with E-state index in [-0.39, 0.29) is 17.7 Å². The van der Waals surface area contributed by atoms with Crippen LogP contribution < -0.4 is 5.32 Å². The van der Waals surface area contributed by atoms with Crippen molar-refractivity contribution in [3.05, 3.63) is 75.3 Å². The third-order valence-electron chi connectivity index (χ3n) is 4.08. The minimum absolute atomic E-state index is 0.0519. The van der Waals surface area contributed by atoms with Gasteiger partial charge in [-0.3, -0.25) is 14.9 Å². The molecule has 0 bridgehead atoms. The number of esters is 2. The maximum Gasteiger partial charge on any atom is 0.338 e. The Bertz CT molecular complexity index is 912. The lowest BCUT2D eigenvalue weighted by atomic mass is 10.1. The van der Waals surface area contributed by atoms with Crippen LogP contribution in [0.25, 0.3) is 0 Å². The molecule has 9 heteroatoms. The Balaban J connectivity index is 1.98. The maximum absolute atomic E-state index is 12.1. The largest absolute Gasteiger partial charge is 0.467 e. The van der Waals surface area contributed by atoms with E-state index in [0.29, 0.717) is 5.56 Å². The number of benzene rings is 2. The Labute approximate surface area is 166 Å². The van der Waals surface area contributed by atoms with E-state index in [1.807, 2.05) is 6.07 Å². The molecule has 0 saturated heterocycles. The summed E-state index contributed by atoms with van der Waals surface area (Å²) in [4.78, 5) is 46.5. The number of carbonyl (C=O) groups is 3. The van der Waals surface area contributed by atoms with Crippen molar-refractivity contribution in [2.24, 2.45) is 0 Å². The quantitative estimate of drug-likeness (QED) is 0.408. The fourth-order valence-corrected chi connectivity index (χ4v) is 2.57. The van der Waals surface area contributed by atoms with E-state index < -0.39 is 35.4 Å². The number of methoxy groups -OCH3 is 1. The fourth-order valence-electron chi connectivity index (χ4n) is 2.57. The summed E-state index contributed by atoms with van der Waals surface area (Å²) in [5, 5.41) is 13.4. The highest BCUT2D eigenvalue weighted by Crippen LogP contribution is 2.19.